The van der Waals surface area contributed by atoms with Gasteiger partial charge in [0.2, 0.25) is 0 Å². The van der Waals surface area contributed by atoms with Crippen molar-refractivity contribution in [3.05, 3.63) is 64.6 Å². The number of rotatable bonds is 3. The van der Waals surface area contributed by atoms with Gasteiger partial charge < -0.3 is 4.57 Å². The van der Waals surface area contributed by atoms with E-state index in [1.54, 1.807) is 6.20 Å². The summed E-state index contributed by atoms with van der Waals surface area (Å²) in [6.45, 7) is 4.95. The fraction of sp³-hybridized carbons (Fsp3) is 0.176. The molecule has 0 aliphatic heterocycles. The molecule has 0 amide bonds. The summed E-state index contributed by atoms with van der Waals surface area (Å²) in [6.07, 6.45) is 6.03. The number of hydrogen-bond donors (Lipinski definition) is 0. The third-order valence-electron chi connectivity index (χ3n) is 3.80. The summed E-state index contributed by atoms with van der Waals surface area (Å²) in [4.78, 5) is 0. The number of nitrogens with zero attached hydrogens (tertiary/aromatic N) is 3. The van der Waals surface area contributed by atoms with Crippen LogP contribution in [0.25, 0.3) is 17.0 Å². The number of halogens is 1. The first-order valence-corrected chi connectivity index (χ1v) is 7.24. The Kier molecular flexibility index (Phi) is 3.76. The molecule has 1 aromatic carbocycles. The maximum atomic E-state index is 6.22. The van der Waals surface area contributed by atoms with Gasteiger partial charge in [0.15, 0.2) is 5.15 Å². The lowest BCUT2D eigenvalue weighted by Gasteiger charge is -2.05. The molecule has 4 heteroatoms. The first-order chi connectivity index (χ1) is 10.2. The zero-order valence-corrected chi connectivity index (χ0v) is 12.8. The fourth-order valence-electron chi connectivity index (χ4n) is 2.54. The monoisotopic (exact) mass is 297 g/mol. The molecule has 3 rings (SSSR count). The van der Waals surface area contributed by atoms with Gasteiger partial charge in [0.1, 0.15) is 0 Å². The van der Waals surface area contributed by atoms with Crippen molar-refractivity contribution >= 4 is 28.6 Å². The number of aromatic nitrogens is 3. The SMILES string of the molecule is Cc1c(C)n(CC=Cc2ccccc2)c2c(Cl)nncc12. The Morgan fingerprint density at radius 3 is 2.71 bits per heavy atom. The quantitative estimate of drug-likeness (QED) is 0.716. The number of aryl methyl sites for hydroxylation is 1. The van der Waals surface area contributed by atoms with Crippen molar-refractivity contribution < 1.29 is 0 Å². The molecule has 106 valence electrons. The van der Waals surface area contributed by atoms with Crippen LogP contribution in [0, 0.1) is 13.8 Å². The van der Waals surface area contributed by atoms with E-state index in [9.17, 15) is 0 Å². The predicted octanol–water partition coefficient (Wildman–Crippen LogP) is 4.41. The summed E-state index contributed by atoms with van der Waals surface area (Å²) in [7, 11) is 0. The van der Waals surface area contributed by atoms with Crippen LogP contribution >= 0.6 is 11.6 Å². The van der Waals surface area contributed by atoms with E-state index in [4.69, 9.17) is 11.6 Å². The van der Waals surface area contributed by atoms with Crippen LogP contribution in [0.3, 0.4) is 0 Å². The van der Waals surface area contributed by atoms with Gasteiger partial charge in [0.05, 0.1) is 11.7 Å². The molecule has 0 atom stereocenters. The summed E-state index contributed by atoms with van der Waals surface area (Å²) in [5, 5.41) is 9.43. The van der Waals surface area contributed by atoms with Crippen LogP contribution in [0.4, 0.5) is 0 Å². The van der Waals surface area contributed by atoms with Crippen molar-refractivity contribution in [3.63, 3.8) is 0 Å². The van der Waals surface area contributed by atoms with Crippen LogP contribution in [-0.2, 0) is 6.54 Å². The first kappa shape index (κ1) is 13.8. The highest BCUT2D eigenvalue weighted by atomic mass is 35.5. The maximum Gasteiger partial charge on any atom is 0.175 e. The van der Waals surface area contributed by atoms with Crippen molar-refractivity contribution in [1.82, 2.24) is 14.8 Å². The minimum atomic E-state index is 0.455. The van der Waals surface area contributed by atoms with Crippen molar-refractivity contribution in [1.29, 1.82) is 0 Å². The van der Waals surface area contributed by atoms with Crippen LogP contribution in [0.2, 0.25) is 5.15 Å². The molecule has 0 saturated heterocycles. The van der Waals surface area contributed by atoms with Gasteiger partial charge in [-0.25, -0.2) is 0 Å². The predicted molar refractivity (Wildman–Crippen MR) is 87.5 cm³/mol. The zero-order chi connectivity index (χ0) is 14.8. The van der Waals surface area contributed by atoms with Crippen molar-refractivity contribution in [3.8, 4) is 0 Å². The molecule has 21 heavy (non-hydrogen) atoms. The summed E-state index contributed by atoms with van der Waals surface area (Å²) in [6, 6.07) is 10.3. The maximum absolute atomic E-state index is 6.22. The zero-order valence-electron chi connectivity index (χ0n) is 12.0. The number of allylic oxidation sites excluding steroid dienone is 1. The summed E-state index contributed by atoms with van der Waals surface area (Å²) >= 11 is 6.22. The molecule has 3 aromatic rings. The van der Waals surface area contributed by atoms with Gasteiger partial charge in [-0.15, -0.1) is 5.10 Å². The molecule has 0 saturated carbocycles. The van der Waals surface area contributed by atoms with Gasteiger partial charge in [-0.1, -0.05) is 54.1 Å². The molecule has 0 N–H and O–H groups in total. The Morgan fingerprint density at radius 2 is 1.95 bits per heavy atom. The van der Waals surface area contributed by atoms with E-state index < -0.39 is 0 Å². The lowest BCUT2D eigenvalue weighted by Crippen LogP contribution is -1.99. The minimum absolute atomic E-state index is 0.455. The molecule has 0 fully saturated rings. The number of hydrogen-bond acceptors (Lipinski definition) is 2. The first-order valence-electron chi connectivity index (χ1n) is 6.86. The highest BCUT2D eigenvalue weighted by molar-refractivity contribution is 6.33. The van der Waals surface area contributed by atoms with Gasteiger partial charge in [0.25, 0.3) is 0 Å². The van der Waals surface area contributed by atoms with E-state index in [1.807, 2.05) is 18.2 Å². The third kappa shape index (κ3) is 2.57. The Morgan fingerprint density at radius 1 is 1.19 bits per heavy atom. The second kappa shape index (κ2) is 5.70. The van der Waals surface area contributed by atoms with Gasteiger partial charge in [-0.3, -0.25) is 0 Å². The van der Waals surface area contributed by atoms with Crippen LogP contribution < -0.4 is 0 Å². The summed E-state index contributed by atoms with van der Waals surface area (Å²) in [5.74, 6) is 0. The van der Waals surface area contributed by atoms with Gasteiger partial charge in [-0.05, 0) is 25.0 Å². The Labute approximate surface area is 128 Å². The molecular weight excluding hydrogens is 282 g/mol. The van der Waals surface area contributed by atoms with E-state index in [1.165, 1.54) is 16.8 Å². The summed E-state index contributed by atoms with van der Waals surface area (Å²) in [5.41, 5.74) is 4.54. The van der Waals surface area contributed by atoms with Crippen LogP contribution in [-0.4, -0.2) is 14.8 Å². The molecule has 0 radical (unpaired) electrons. The highest BCUT2D eigenvalue weighted by Crippen LogP contribution is 2.28. The fourth-order valence-corrected chi connectivity index (χ4v) is 2.79. The number of benzene rings is 1. The third-order valence-corrected chi connectivity index (χ3v) is 4.06. The molecule has 0 unspecified atom stereocenters. The highest BCUT2D eigenvalue weighted by Gasteiger charge is 2.13. The van der Waals surface area contributed by atoms with Crippen LogP contribution in [0.15, 0.2) is 42.6 Å². The molecule has 2 aromatic heterocycles. The van der Waals surface area contributed by atoms with Crippen LogP contribution in [0.5, 0.6) is 0 Å². The molecule has 0 aliphatic rings. The largest absolute Gasteiger partial charge is 0.338 e. The van der Waals surface area contributed by atoms with E-state index in [0.717, 1.165) is 17.4 Å². The molecule has 0 aliphatic carbocycles. The van der Waals surface area contributed by atoms with Crippen molar-refractivity contribution in [2.45, 2.75) is 20.4 Å². The second-order valence-electron chi connectivity index (χ2n) is 5.03. The normalized spacial score (nSPS) is 11.6. The Hall–Kier alpha value is -2.13. The van der Waals surface area contributed by atoms with E-state index in [2.05, 4.69) is 52.9 Å². The topological polar surface area (TPSA) is 30.7 Å². The summed E-state index contributed by atoms with van der Waals surface area (Å²) < 4.78 is 2.18. The minimum Gasteiger partial charge on any atom is -0.338 e. The molecule has 0 spiro atoms. The van der Waals surface area contributed by atoms with Gasteiger partial charge >= 0.3 is 0 Å². The van der Waals surface area contributed by atoms with Crippen molar-refractivity contribution in [2.24, 2.45) is 0 Å². The van der Waals surface area contributed by atoms with E-state index >= 15 is 0 Å². The van der Waals surface area contributed by atoms with Crippen LogP contribution in [0.1, 0.15) is 16.8 Å². The lowest BCUT2D eigenvalue weighted by atomic mass is 10.2. The standard InChI is InChI=1S/C17H16ClN3/c1-12-13(2)21(16-15(12)11-19-20-17(16)18)10-6-9-14-7-4-3-5-8-14/h3-9,11H,10H2,1-2H3. The lowest BCUT2D eigenvalue weighted by molar-refractivity contribution is 0.822. The smallest absolute Gasteiger partial charge is 0.175 e. The second-order valence-corrected chi connectivity index (χ2v) is 5.39. The molecular formula is C17H16ClN3. The number of fused-ring (bicyclic) bond motifs is 1. The van der Waals surface area contributed by atoms with Crippen molar-refractivity contribution in [2.75, 3.05) is 0 Å². The molecule has 2 heterocycles. The molecule has 3 nitrogen and oxygen atoms in total. The van der Waals surface area contributed by atoms with Gasteiger partial charge in [-0.2, -0.15) is 5.10 Å². The van der Waals surface area contributed by atoms with E-state index in [-0.39, 0.29) is 0 Å². The average molecular weight is 298 g/mol. The Bertz CT molecular complexity index is 804. The van der Waals surface area contributed by atoms with Gasteiger partial charge in [0, 0.05) is 17.6 Å². The average Bonchev–Trinajstić information content (AvgIpc) is 2.75. The molecule has 0 bridgehead atoms. The Balaban J connectivity index is 1.98. The van der Waals surface area contributed by atoms with E-state index in [0.29, 0.717) is 5.15 Å².